The number of hydrogen-bond donors (Lipinski definition) is 2. The Balaban J connectivity index is 1.81. The summed E-state index contributed by atoms with van der Waals surface area (Å²) in [7, 11) is 0. The summed E-state index contributed by atoms with van der Waals surface area (Å²) < 4.78 is 1.37. The lowest BCUT2D eigenvalue weighted by Gasteiger charge is -2.02. The lowest BCUT2D eigenvalue weighted by Crippen LogP contribution is -2.27. The van der Waals surface area contributed by atoms with Crippen molar-refractivity contribution < 1.29 is 14.7 Å². The molecular formula is C10H10N4O3S. The van der Waals surface area contributed by atoms with Gasteiger partial charge in [0, 0.05) is 17.5 Å². The molecule has 0 aliphatic carbocycles. The second kappa shape index (κ2) is 5.41. The average Bonchev–Trinajstić information content (AvgIpc) is 3.00. The van der Waals surface area contributed by atoms with Crippen molar-refractivity contribution >= 4 is 23.2 Å². The van der Waals surface area contributed by atoms with Gasteiger partial charge in [-0.1, -0.05) is 5.21 Å². The third kappa shape index (κ3) is 2.92. The van der Waals surface area contributed by atoms with Crippen LogP contribution in [0.4, 0.5) is 0 Å². The van der Waals surface area contributed by atoms with Gasteiger partial charge in [-0.3, -0.25) is 4.79 Å². The highest BCUT2D eigenvalue weighted by Gasteiger charge is 2.08. The van der Waals surface area contributed by atoms with E-state index < -0.39 is 5.97 Å². The first-order chi connectivity index (χ1) is 8.66. The van der Waals surface area contributed by atoms with Gasteiger partial charge in [0.05, 0.1) is 12.7 Å². The number of thiophene rings is 1. The first-order valence-electron chi connectivity index (χ1n) is 5.10. The minimum atomic E-state index is -1.12. The minimum Gasteiger partial charge on any atom is -0.476 e. The van der Waals surface area contributed by atoms with Gasteiger partial charge in [-0.05, 0) is 11.4 Å². The first kappa shape index (κ1) is 12.2. The van der Waals surface area contributed by atoms with Crippen LogP contribution in [-0.4, -0.2) is 38.5 Å². The second-order valence-electron chi connectivity index (χ2n) is 3.44. The largest absolute Gasteiger partial charge is 0.476 e. The fourth-order valence-corrected chi connectivity index (χ4v) is 1.92. The van der Waals surface area contributed by atoms with E-state index in [1.165, 1.54) is 22.2 Å². The number of carboxylic acids is 1. The fraction of sp³-hybridized carbons (Fsp3) is 0.200. The van der Waals surface area contributed by atoms with E-state index in [1.807, 2.05) is 5.38 Å². The Kier molecular flexibility index (Phi) is 3.68. The number of hydrogen-bond acceptors (Lipinski definition) is 5. The van der Waals surface area contributed by atoms with Crippen LogP contribution in [0.5, 0.6) is 0 Å². The SMILES string of the molecule is O=C(NCCn1cc(C(=O)O)nn1)c1ccsc1. The summed E-state index contributed by atoms with van der Waals surface area (Å²) in [6.07, 6.45) is 1.32. The Morgan fingerprint density at radius 2 is 2.33 bits per heavy atom. The highest BCUT2D eigenvalue weighted by Crippen LogP contribution is 2.04. The Morgan fingerprint density at radius 1 is 1.50 bits per heavy atom. The van der Waals surface area contributed by atoms with Gasteiger partial charge < -0.3 is 10.4 Å². The molecule has 2 rings (SSSR count). The molecule has 0 atom stereocenters. The van der Waals surface area contributed by atoms with Gasteiger partial charge in [-0.2, -0.15) is 11.3 Å². The van der Waals surface area contributed by atoms with E-state index in [1.54, 1.807) is 11.4 Å². The van der Waals surface area contributed by atoms with Crippen LogP contribution in [0.25, 0.3) is 0 Å². The molecule has 0 aromatic carbocycles. The molecule has 0 saturated heterocycles. The van der Waals surface area contributed by atoms with Crippen LogP contribution in [0.2, 0.25) is 0 Å². The van der Waals surface area contributed by atoms with Crippen LogP contribution in [0.1, 0.15) is 20.8 Å². The lowest BCUT2D eigenvalue weighted by atomic mass is 10.3. The predicted octanol–water partition coefficient (Wildman–Crippen LogP) is 0.468. The smallest absolute Gasteiger partial charge is 0.358 e. The molecule has 2 aromatic rings. The molecule has 0 radical (unpaired) electrons. The van der Waals surface area contributed by atoms with Gasteiger partial charge >= 0.3 is 5.97 Å². The van der Waals surface area contributed by atoms with Crippen LogP contribution in [0.3, 0.4) is 0 Å². The maximum Gasteiger partial charge on any atom is 0.358 e. The monoisotopic (exact) mass is 266 g/mol. The van der Waals surface area contributed by atoms with Gasteiger partial charge in [-0.25, -0.2) is 9.48 Å². The molecule has 0 saturated carbocycles. The number of aromatic carboxylic acids is 1. The van der Waals surface area contributed by atoms with Gasteiger partial charge in [-0.15, -0.1) is 5.10 Å². The Bertz CT molecular complexity index is 549. The highest BCUT2D eigenvalue weighted by molar-refractivity contribution is 7.08. The summed E-state index contributed by atoms with van der Waals surface area (Å²) in [6, 6.07) is 1.73. The number of nitrogens with one attached hydrogen (secondary N) is 1. The Hall–Kier alpha value is -2.22. The molecule has 2 N–H and O–H groups in total. The number of nitrogens with zero attached hydrogens (tertiary/aromatic N) is 3. The van der Waals surface area contributed by atoms with Crippen molar-refractivity contribution in [1.82, 2.24) is 20.3 Å². The summed E-state index contributed by atoms with van der Waals surface area (Å²) >= 11 is 1.45. The summed E-state index contributed by atoms with van der Waals surface area (Å²) in [5.74, 6) is -1.28. The van der Waals surface area contributed by atoms with Gasteiger partial charge in [0.15, 0.2) is 5.69 Å². The van der Waals surface area contributed by atoms with E-state index >= 15 is 0 Å². The molecule has 0 spiro atoms. The van der Waals surface area contributed by atoms with E-state index in [4.69, 9.17) is 5.11 Å². The standard InChI is InChI=1S/C10H10N4O3S/c15-9(7-1-4-18-6-7)11-2-3-14-5-8(10(16)17)12-13-14/h1,4-6H,2-3H2,(H,11,15)(H,16,17). The zero-order valence-electron chi connectivity index (χ0n) is 9.24. The van der Waals surface area contributed by atoms with E-state index in [2.05, 4.69) is 15.6 Å². The normalized spacial score (nSPS) is 10.2. The molecule has 8 heteroatoms. The summed E-state index contributed by atoms with van der Waals surface area (Å²) in [4.78, 5) is 22.1. The summed E-state index contributed by atoms with van der Waals surface area (Å²) in [5, 5.41) is 22.0. The first-order valence-corrected chi connectivity index (χ1v) is 6.05. The molecule has 0 unspecified atom stereocenters. The topological polar surface area (TPSA) is 97.1 Å². The molecule has 0 bridgehead atoms. The Morgan fingerprint density at radius 3 is 2.94 bits per heavy atom. The van der Waals surface area contributed by atoms with E-state index in [0.717, 1.165) is 0 Å². The van der Waals surface area contributed by atoms with Crippen molar-refractivity contribution in [2.45, 2.75) is 6.54 Å². The van der Waals surface area contributed by atoms with Crippen molar-refractivity contribution in [1.29, 1.82) is 0 Å². The second-order valence-corrected chi connectivity index (χ2v) is 4.22. The van der Waals surface area contributed by atoms with Crippen molar-refractivity contribution in [3.63, 3.8) is 0 Å². The van der Waals surface area contributed by atoms with Gasteiger partial charge in [0.1, 0.15) is 0 Å². The lowest BCUT2D eigenvalue weighted by molar-refractivity contribution is 0.0690. The van der Waals surface area contributed by atoms with Crippen molar-refractivity contribution in [3.8, 4) is 0 Å². The number of amides is 1. The van der Waals surface area contributed by atoms with Crippen LogP contribution in [0, 0.1) is 0 Å². The molecule has 94 valence electrons. The highest BCUT2D eigenvalue weighted by atomic mass is 32.1. The molecule has 18 heavy (non-hydrogen) atoms. The van der Waals surface area contributed by atoms with Gasteiger partial charge in [0.2, 0.25) is 0 Å². The van der Waals surface area contributed by atoms with E-state index in [-0.39, 0.29) is 11.6 Å². The third-order valence-corrected chi connectivity index (χ3v) is 2.85. The number of carboxylic acid groups (broad SMARTS) is 1. The molecule has 7 nitrogen and oxygen atoms in total. The van der Waals surface area contributed by atoms with Crippen molar-refractivity contribution in [2.24, 2.45) is 0 Å². The fourth-order valence-electron chi connectivity index (χ4n) is 1.29. The van der Waals surface area contributed by atoms with E-state index in [9.17, 15) is 9.59 Å². The molecular weight excluding hydrogens is 256 g/mol. The zero-order valence-corrected chi connectivity index (χ0v) is 10.1. The number of rotatable bonds is 5. The van der Waals surface area contributed by atoms with Gasteiger partial charge in [0.25, 0.3) is 5.91 Å². The number of carbonyl (C=O) groups is 2. The number of aromatic nitrogens is 3. The number of carbonyl (C=O) groups excluding carboxylic acids is 1. The quantitative estimate of drug-likeness (QED) is 0.819. The third-order valence-electron chi connectivity index (χ3n) is 2.17. The predicted molar refractivity (Wildman–Crippen MR) is 63.6 cm³/mol. The van der Waals surface area contributed by atoms with Crippen LogP contribution >= 0.6 is 11.3 Å². The van der Waals surface area contributed by atoms with Crippen molar-refractivity contribution in [2.75, 3.05) is 6.54 Å². The molecule has 0 aliphatic heterocycles. The molecule has 2 aromatic heterocycles. The van der Waals surface area contributed by atoms with Crippen LogP contribution < -0.4 is 5.32 Å². The maximum absolute atomic E-state index is 11.6. The molecule has 0 aliphatic rings. The van der Waals surface area contributed by atoms with Crippen LogP contribution in [0.15, 0.2) is 23.0 Å². The van der Waals surface area contributed by atoms with Crippen LogP contribution in [-0.2, 0) is 6.54 Å². The molecule has 2 heterocycles. The molecule has 1 amide bonds. The summed E-state index contributed by atoms with van der Waals surface area (Å²) in [5.41, 5.74) is 0.504. The maximum atomic E-state index is 11.6. The minimum absolute atomic E-state index is 0.112. The Labute approximate surface area is 106 Å². The average molecular weight is 266 g/mol. The molecule has 0 fully saturated rings. The zero-order chi connectivity index (χ0) is 13.0. The summed E-state index contributed by atoms with van der Waals surface area (Å²) in [6.45, 7) is 0.729. The van der Waals surface area contributed by atoms with E-state index in [0.29, 0.717) is 18.7 Å². The van der Waals surface area contributed by atoms with Crippen molar-refractivity contribution in [3.05, 3.63) is 34.3 Å².